The molecule has 34 heavy (non-hydrogen) atoms. The van der Waals surface area contributed by atoms with Crippen LogP contribution in [0.5, 0.6) is 5.75 Å². The second-order valence-electron chi connectivity index (χ2n) is 8.65. The predicted molar refractivity (Wildman–Crippen MR) is 130 cm³/mol. The molecule has 0 fully saturated rings. The second-order valence-corrected chi connectivity index (χ2v) is 8.65. The number of aromatic nitrogens is 1. The maximum Gasteiger partial charge on any atom is 0.326 e. The smallest absolute Gasteiger partial charge is 0.326 e. The van der Waals surface area contributed by atoms with E-state index in [1.165, 1.54) is 11.0 Å². The van der Waals surface area contributed by atoms with Crippen LogP contribution in [-0.4, -0.2) is 39.5 Å². The Labute approximate surface area is 200 Å². The van der Waals surface area contributed by atoms with Crippen molar-refractivity contribution in [2.24, 2.45) is 5.92 Å². The quantitative estimate of drug-likeness (QED) is 0.400. The molecule has 0 radical (unpaired) electrons. The van der Waals surface area contributed by atoms with E-state index in [0.717, 1.165) is 23.2 Å². The van der Waals surface area contributed by atoms with Crippen molar-refractivity contribution in [3.05, 3.63) is 77.6 Å². The van der Waals surface area contributed by atoms with Crippen LogP contribution in [0.4, 0.5) is 0 Å². The molecule has 0 unspecified atom stereocenters. The maximum absolute atomic E-state index is 12.6. The third kappa shape index (κ3) is 6.94. The van der Waals surface area contributed by atoms with Gasteiger partial charge in [-0.15, -0.1) is 0 Å². The van der Waals surface area contributed by atoms with E-state index in [9.17, 15) is 14.7 Å². The third-order valence-corrected chi connectivity index (χ3v) is 5.48. The van der Waals surface area contributed by atoms with Crippen molar-refractivity contribution >= 4 is 18.0 Å². The monoisotopic (exact) mass is 464 g/mol. The normalized spacial score (nSPS) is 16.1. The number of carbonyl (C=O) groups excluding carboxylic acids is 1. The molecule has 7 nitrogen and oxygen atoms in total. The van der Waals surface area contributed by atoms with Gasteiger partial charge in [0.05, 0.1) is 12.3 Å². The van der Waals surface area contributed by atoms with Crippen LogP contribution in [0.1, 0.15) is 49.9 Å². The number of fused-ring (bicyclic) bond motifs is 1. The average Bonchev–Trinajstić information content (AvgIpc) is 3.25. The number of ether oxygens (including phenoxy) is 1. The van der Waals surface area contributed by atoms with Crippen molar-refractivity contribution in [3.8, 4) is 5.75 Å². The lowest BCUT2D eigenvalue weighted by molar-refractivity contribution is -0.149. The molecule has 1 aromatic carbocycles. The first-order valence-corrected chi connectivity index (χ1v) is 11.6. The number of oxazole rings is 1. The summed E-state index contributed by atoms with van der Waals surface area (Å²) in [6.45, 7) is 6.81. The molecule has 1 atom stereocenters. The lowest BCUT2D eigenvalue weighted by Crippen LogP contribution is -2.48. The Hall–Kier alpha value is -3.61. The van der Waals surface area contributed by atoms with Crippen LogP contribution in [0.25, 0.3) is 6.08 Å². The molecule has 0 saturated carbocycles. The Morgan fingerprint density at radius 3 is 2.85 bits per heavy atom. The minimum Gasteiger partial charge on any atom is -0.493 e. The molecular weight excluding hydrogens is 432 g/mol. The molecule has 1 N–H and O–H groups in total. The van der Waals surface area contributed by atoms with Gasteiger partial charge in [0.1, 0.15) is 18.1 Å². The van der Waals surface area contributed by atoms with E-state index in [1.807, 2.05) is 31.2 Å². The van der Waals surface area contributed by atoms with E-state index in [0.29, 0.717) is 30.6 Å². The first-order chi connectivity index (χ1) is 16.4. The molecule has 2 aromatic rings. The maximum atomic E-state index is 12.6. The minimum atomic E-state index is -1.01. The van der Waals surface area contributed by atoms with Crippen LogP contribution in [0.2, 0.25) is 0 Å². The Morgan fingerprint density at radius 1 is 1.29 bits per heavy atom. The number of carboxylic acid groups (broad SMARTS) is 1. The van der Waals surface area contributed by atoms with Crippen molar-refractivity contribution < 1.29 is 23.8 Å². The van der Waals surface area contributed by atoms with Gasteiger partial charge in [-0.1, -0.05) is 44.2 Å². The molecular formula is C27H32N2O5. The number of amides is 1. The molecule has 0 saturated heterocycles. The summed E-state index contributed by atoms with van der Waals surface area (Å²) in [5, 5.41) is 9.63. The summed E-state index contributed by atoms with van der Waals surface area (Å²) in [5.41, 5.74) is 2.62. The Morgan fingerprint density at radius 2 is 2.12 bits per heavy atom. The molecule has 1 aliphatic rings. The van der Waals surface area contributed by atoms with Crippen LogP contribution >= 0.6 is 0 Å². The van der Waals surface area contributed by atoms with Gasteiger partial charge in [0.25, 0.3) is 0 Å². The van der Waals surface area contributed by atoms with Crippen LogP contribution in [0, 0.1) is 5.92 Å². The van der Waals surface area contributed by atoms with Crippen molar-refractivity contribution in [3.63, 3.8) is 0 Å². The van der Waals surface area contributed by atoms with Crippen molar-refractivity contribution in [1.29, 1.82) is 0 Å². The first kappa shape index (κ1) is 25.0. The van der Waals surface area contributed by atoms with Gasteiger partial charge >= 0.3 is 5.97 Å². The van der Waals surface area contributed by atoms with Gasteiger partial charge < -0.3 is 19.2 Å². The van der Waals surface area contributed by atoms with Gasteiger partial charge in [-0.25, -0.2) is 9.78 Å². The minimum absolute atomic E-state index is 0.220. The van der Waals surface area contributed by atoms with Crippen molar-refractivity contribution in [2.45, 2.75) is 52.6 Å². The summed E-state index contributed by atoms with van der Waals surface area (Å²) in [6.07, 6.45) is 14.0. The Balaban J connectivity index is 1.61. The number of rotatable bonds is 10. The molecule has 1 amide bonds. The summed E-state index contributed by atoms with van der Waals surface area (Å²) in [5.74, 6) is 0.512. The van der Waals surface area contributed by atoms with E-state index < -0.39 is 12.0 Å². The van der Waals surface area contributed by atoms with E-state index >= 15 is 0 Å². The predicted octanol–water partition coefficient (Wildman–Crippen LogP) is 4.83. The van der Waals surface area contributed by atoms with Crippen LogP contribution < -0.4 is 4.74 Å². The number of nitrogens with zero attached hydrogens (tertiary/aromatic N) is 2. The van der Waals surface area contributed by atoms with Gasteiger partial charge in [-0.05, 0) is 48.6 Å². The largest absolute Gasteiger partial charge is 0.493 e. The lowest BCUT2D eigenvalue weighted by atomic mass is 9.93. The molecule has 7 heteroatoms. The molecule has 180 valence electrons. The fourth-order valence-electron chi connectivity index (χ4n) is 3.68. The van der Waals surface area contributed by atoms with Crippen LogP contribution in [-0.2, 0) is 29.0 Å². The number of carbonyl (C=O) groups is 2. The number of benzene rings is 1. The zero-order valence-electron chi connectivity index (χ0n) is 19.9. The SMILES string of the molecule is C/C=C/C=C/C(=O)N1Cc2cc(OCCc3coc(/C=C/CC(C)C)n3)ccc2C[C@H]1C(=O)O. The Bertz CT molecular complexity index is 1080. The summed E-state index contributed by atoms with van der Waals surface area (Å²) in [6, 6.07) is 4.71. The fraction of sp³-hybridized carbons (Fsp3) is 0.370. The van der Waals surface area contributed by atoms with Gasteiger partial charge in [0.2, 0.25) is 11.8 Å². The van der Waals surface area contributed by atoms with Crippen molar-refractivity contribution in [2.75, 3.05) is 6.61 Å². The average molecular weight is 465 g/mol. The molecule has 0 bridgehead atoms. The van der Waals surface area contributed by atoms with Crippen LogP contribution in [0.15, 0.2) is 59.3 Å². The van der Waals surface area contributed by atoms with Crippen molar-refractivity contribution in [1.82, 2.24) is 9.88 Å². The van der Waals surface area contributed by atoms with Gasteiger partial charge in [-0.2, -0.15) is 0 Å². The highest BCUT2D eigenvalue weighted by molar-refractivity contribution is 5.92. The molecule has 0 aliphatic carbocycles. The number of carboxylic acids is 1. The molecule has 1 aliphatic heterocycles. The van der Waals surface area contributed by atoms with Crippen LogP contribution in [0.3, 0.4) is 0 Å². The third-order valence-electron chi connectivity index (χ3n) is 5.48. The van der Waals surface area contributed by atoms with E-state index in [-0.39, 0.29) is 18.9 Å². The summed E-state index contributed by atoms with van der Waals surface area (Å²) in [7, 11) is 0. The fourth-order valence-corrected chi connectivity index (χ4v) is 3.68. The number of aliphatic carboxylic acids is 1. The second kappa shape index (κ2) is 12.0. The van der Waals surface area contributed by atoms with E-state index in [1.54, 1.807) is 24.5 Å². The zero-order valence-corrected chi connectivity index (χ0v) is 19.9. The van der Waals surface area contributed by atoms with Gasteiger partial charge in [0, 0.05) is 25.5 Å². The zero-order chi connectivity index (χ0) is 24.5. The highest BCUT2D eigenvalue weighted by Gasteiger charge is 2.33. The van der Waals surface area contributed by atoms with E-state index in [2.05, 4.69) is 24.9 Å². The summed E-state index contributed by atoms with van der Waals surface area (Å²) >= 11 is 0. The topological polar surface area (TPSA) is 92.9 Å². The molecule has 2 heterocycles. The van der Waals surface area contributed by atoms with Gasteiger partial charge in [0.15, 0.2) is 0 Å². The number of hydrogen-bond acceptors (Lipinski definition) is 5. The number of allylic oxidation sites excluding steroid dienone is 4. The lowest BCUT2D eigenvalue weighted by Gasteiger charge is -2.34. The Kier molecular flexibility index (Phi) is 8.85. The highest BCUT2D eigenvalue weighted by atomic mass is 16.5. The summed E-state index contributed by atoms with van der Waals surface area (Å²) in [4.78, 5) is 30.2. The standard InChI is InChI=1S/C27H32N2O5/c1-4-5-6-10-26(30)29-17-21-15-23(12-11-20(21)16-24(29)27(31)32)33-14-13-22-18-34-25(28-22)9-7-8-19(2)3/h4-7,9-12,15,18-19,24H,8,13-14,16-17H2,1-3H3,(H,31,32)/b5-4+,9-7+,10-6+/t24-/m0/s1. The number of hydrogen-bond donors (Lipinski definition) is 1. The molecule has 0 spiro atoms. The van der Waals surface area contributed by atoms with E-state index in [4.69, 9.17) is 9.15 Å². The highest BCUT2D eigenvalue weighted by Crippen LogP contribution is 2.27. The summed E-state index contributed by atoms with van der Waals surface area (Å²) < 4.78 is 11.4. The van der Waals surface area contributed by atoms with Gasteiger partial charge in [-0.3, -0.25) is 4.79 Å². The first-order valence-electron chi connectivity index (χ1n) is 11.6. The molecule has 1 aromatic heterocycles. The molecule has 3 rings (SSSR count).